The standard InChI is InChI=1S/C26H20BrN3O3/c1-3-29-23-13-8-16(27)14-20(23)21(25(29)31)15-24-28-22-7-5-4-6-19(22)26(32)30(24)17-9-11-18(33-2)12-10-17/h4-15H,3H2,1-2H3. The fourth-order valence-corrected chi connectivity index (χ4v) is 4.50. The van der Waals surface area contributed by atoms with E-state index in [4.69, 9.17) is 9.72 Å². The number of rotatable bonds is 4. The van der Waals surface area contributed by atoms with Crippen molar-refractivity contribution in [3.05, 3.63) is 92.9 Å². The molecule has 0 saturated heterocycles. The molecule has 1 aliphatic heterocycles. The third kappa shape index (κ3) is 3.54. The number of halogens is 1. The molecule has 164 valence electrons. The van der Waals surface area contributed by atoms with Crippen LogP contribution in [0.5, 0.6) is 5.75 Å². The minimum absolute atomic E-state index is 0.116. The number of hydrogen-bond acceptors (Lipinski definition) is 4. The van der Waals surface area contributed by atoms with Crippen molar-refractivity contribution < 1.29 is 9.53 Å². The van der Waals surface area contributed by atoms with Gasteiger partial charge >= 0.3 is 0 Å². The van der Waals surface area contributed by atoms with Crippen molar-refractivity contribution in [2.45, 2.75) is 6.92 Å². The first-order valence-electron chi connectivity index (χ1n) is 10.5. The zero-order chi connectivity index (χ0) is 23.1. The first kappa shape index (κ1) is 21.2. The fraction of sp³-hybridized carbons (Fsp3) is 0.115. The van der Waals surface area contributed by atoms with Gasteiger partial charge in [-0.1, -0.05) is 28.1 Å². The molecule has 7 heteroatoms. The van der Waals surface area contributed by atoms with Gasteiger partial charge in [0.25, 0.3) is 11.5 Å². The van der Waals surface area contributed by atoms with Crippen molar-refractivity contribution in [2.24, 2.45) is 0 Å². The Balaban J connectivity index is 1.80. The molecule has 1 aliphatic rings. The van der Waals surface area contributed by atoms with E-state index in [1.807, 2.05) is 37.3 Å². The van der Waals surface area contributed by atoms with Crippen molar-refractivity contribution in [2.75, 3.05) is 18.6 Å². The van der Waals surface area contributed by atoms with E-state index in [1.54, 1.807) is 54.5 Å². The molecule has 1 aromatic heterocycles. The second-order valence-electron chi connectivity index (χ2n) is 7.59. The lowest BCUT2D eigenvalue weighted by Crippen LogP contribution is -2.26. The number of nitrogens with zero attached hydrogens (tertiary/aromatic N) is 3. The molecular weight excluding hydrogens is 482 g/mol. The van der Waals surface area contributed by atoms with Crippen molar-refractivity contribution in [3.63, 3.8) is 0 Å². The number of likely N-dealkylation sites (N-methyl/N-ethyl adjacent to an activating group) is 1. The molecule has 2 heterocycles. The van der Waals surface area contributed by atoms with Crippen molar-refractivity contribution in [1.82, 2.24) is 9.55 Å². The topological polar surface area (TPSA) is 64.4 Å². The van der Waals surface area contributed by atoms with Gasteiger partial charge in [0.05, 0.1) is 35.0 Å². The molecule has 0 spiro atoms. The number of para-hydroxylation sites is 1. The maximum atomic E-state index is 13.5. The number of hydrogen-bond donors (Lipinski definition) is 0. The molecule has 1 amide bonds. The van der Waals surface area contributed by atoms with Gasteiger partial charge in [0.2, 0.25) is 0 Å². The lowest BCUT2D eigenvalue weighted by atomic mass is 10.1. The molecule has 33 heavy (non-hydrogen) atoms. The van der Waals surface area contributed by atoms with E-state index in [1.165, 1.54) is 4.57 Å². The second kappa shape index (κ2) is 8.33. The van der Waals surface area contributed by atoms with Crippen LogP contribution in [0.2, 0.25) is 0 Å². The number of fused-ring (bicyclic) bond motifs is 2. The fourth-order valence-electron chi connectivity index (χ4n) is 4.14. The predicted octanol–water partition coefficient (Wildman–Crippen LogP) is 5.06. The Morgan fingerprint density at radius 1 is 1.03 bits per heavy atom. The predicted molar refractivity (Wildman–Crippen MR) is 134 cm³/mol. The Hall–Kier alpha value is -3.71. The summed E-state index contributed by atoms with van der Waals surface area (Å²) in [4.78, 5) is 33.3. The summed E-state index contributed by atoms with van der Waals surface area (Å²) in [5.41, 5.74) is 3.16. The number of benzene rings is 3. The van der Waals surface area contributed by atoms with Crippen LogP contribution in [0.3, 0.4) is 0 Å². The van der Waals surface area contributed by atoms with Gasteiger partial charge in [-0.25, -0.2) is 4.98 Å². The van der Waals surface area contributed by atoms with Crippen LogP contribution in [-0.4, -0.2) is 29.1 Å². The Labute approximate surface area is 198 Å². The molecular formula is C26H20BrN3O3. The number of aromatic nitrogens is 2. The molecule has 0 atom stereocenters. The third-order valence-corrected chi connectivity index (χ3v) is 6.23. The molecule has 0 radical (unpaired) electrons. The van der Waals surface area contributed by atoms with Crippen LogP contribution < -0.4 is 15.2 Å². The highest BCUT2D eigenvalue weighted by atomic mass is 79.9. The summed E-state index contributed by atoms with van der Waals surface area (Å²) < 4.78 is 7.67. The maximum Gasteiger partial charge on any atom is 0.266 e. The highest BCUT2D eigenvalue weighted by Crippen LogP contribution is 2.39. The van der Waals surface area contributed by atoms with Gasteiger partial charge in [-0.15, -0.1) is 0 Å². The monoisotopic (exact) mass is 501 g/mol. The highest BCUT2D eigenvalue weighted by molar-refractivity contribution is 9.10. The number of carbonyl (C=O) groups excluding carboxylic acids is 1. The molecule has 0 N–H and O–H groups in total. The SMILES string of the molecule is CCN1C(=O)C(=Cc2nc3ccccc3c(=O)n2-c2ccc(OC)cc2)c2cc(Br)ccc21. The summed E-state index contributed by atoms with van der Waals surface area (Å²) in [6, 6.07) is 20.2. The summed E-state index contributed by atoms with van der Waals surface area (Å²) in [5, 5.41) is 0.506. The van der Waals surface area contributed by atoms with E-state index in [0.717, 1.165) is 15.7 Å². The number of carbonyl (C=O) groups is 1. The number of ether oxygens (including phenoxy) is 1. The summed E-state index contributed by atoms with van der Waals surface area (Å²) in [6.45, 7) is 2.48. The van der Waals surface area contributed by atoms with Gasteiger partial charge in [0.1, 0.15) is 11.6 Å². The van der Waals surface area contributed by atoms with Crippen LogP contribution in [-0.2, 0) is 4.79 Å². The number of amides is 1. The highest BCUT2D eigenvalue weighted by Gasteiger charge is 2.32. The van der Waals surface area contributed by atoms with E-state index in [0.29, 0.717) is 40.3 Å². The van der Waals surface area contributed by atoms with Crippen LogP contribution in [0.25, 0.3) is 28.2 Å². The minimum Gasteiger partial charge on any atom is -0.497 e. The Morgan fingerprint density at radius 3 is 2.52 bits per heavy atom. The zero-order valence-electron chi connectivity index (χ0n) is 18.1. The summed E-state index contributed by atoms with van der Waals surface area (Å²) in [6.07, 6.45) is 1.71. The molecule has 3 aromatic carbocycles. The van der Waals surface area contributed by atoms with Crippen LogP contribution in [0.4, 0.5) is 5.69 Å². The lowest BCUT2D eigenvalue weighted by molar-refractivity contribution is -0.112. The van der Waals surface area contributed by atoms with Gasteiger partial charge in [0.15, 0.2) is 0 Å². The minimum atomic E-state index is -0.204. The molecule has 4 aromatic rings. The summed E-state index contributed by atoms with van der Waals surface area (Å²) in [5.74, 6) is 0.953. The van der Waals surface area contributed by atoms with Gasteiger partial charge in [-0.2, -0.15) is 0 Å². The average Bonchev–Trinajstić information content (AvgIpc) is 3.09. The lowest BCUT2D eigenvalue weighted by Gasteiger charge is -2.14. The third-order valence-electron chi connectivity index (χ3n) is 5.74. The Kier molecular flexibility index (Phi) is 5.34. The molecule has 5 rings (SSSR count). The van der Waals surface area contributed by atoms with Crippen LogP contribution >= 0.6 is 15.9 Å². The number of anilines is 1. The Morgan fingerprint density at radius 2 is 1.79 bits per heavy atom. The van der Waals surface area contributed by atoms with Gasteiger partial charge in [0, 0.05) is 16.6 Å². The van der Waals surface area contributed by atoms with Gasteiger partial charge in [-0.3, -0.25) is 14.2 Å². The molecule has 0 unspecified atom stereocenters. The molecule has 0 saturated carbocycles. The van der Waals surface area contributed by atoms with E-state index < -0.39 is 0 Å². The quantitative estimate of drug-likeness (QED) is 0.366. The maximum absolute atomic E-state index is 13.5. The molecule has 0 fully saturated rings. The van der Waals surface area contributed by atoms with E-state index in [2.05, 4.69) is 15.9 Å². The number of methoxy groups -OCH3 is 1. The van der Waals surface area contributed by atoms with Crippen LogP contribution in [0, 0.1) is 0 Å². The zero-order valence-corrected chi connectivity index (χ0v) is 19.7. The summed E-state index contributed by atoms with van der Waals surface area (Å²) >= 11 is 3.51. The van der Waals surface area contributed by atoms with Crippen molar-refractivity contribution in [3.8, 4) is 11.4 Å². The largest absolute Gasteiger partial charge is 0.497 e. The first-order chi connectivity index (χ1) is 16.0. The summed E-state index contributed by atoms with van der Waals surface area (Å²) in [7, 11) is 1.59. The normalized spacial score (nSPS) is 14.2. The Bertz CT molecular complexity index is 1490. The second-order valence-corrected chi connectivity index (χ2v) is 8.51. The molecule has 0 aliphatic carbocycles. The van der Waals surface area contributed by atoms with Crippen molar-refractivity contribution in [1.29, 1.82) is 0 Å². The average molecular weight is 502 g/mol. The van der Waals surface area contributed by atoms with E-state index in [-0.39, 0.29) is 11.5 Å². The van der Waals surface area contributed by atoms with Crippen LogP contribution in [0.1, 0.15) is 18.3 Å². The van der Waals surface area contributed by atoms with Gasteiger partial charge < -0.3 is 9.64 Å². The van der Waals surface area contributed by atoms with E-state index in [9.17, 15) is 9.59 Å². The smallest absolute Gasteiger partial charge is 0.266 e. The van der Waals surface area contributed by atoms with E-state index >= 15 is 0 Å². The first-order valence-corrected chi connectivity index (χ1v) is 11.3. The molecule has 0 bridgehead atoms. The van der Waals surface area contributed by atoms with Crippen molar-refractivity contribution >= 4 is 50.1 Å². The van der Waals surface area contributed by atoms with Crippen LogP contribution in [0.15, 0.2) is 76.0 Å². The molecule has 6 nitrogen and oxygen atoms in total. The van der Waals surface area contributed by atoms with Gasteiger partial charge in [-0.05, 0) is 67.6 Å².